The highest BCUT2D eigenvalue weighted by atomic mass is 16.5. The highest BCUT2D eigenvalue weighted by molar-refractivity contribution is 5.97. The highest BCUT2D eigenvalue weighted by Crippen LogP contribution is 2.22. The van der Waals surface area contributed by atoms with Gasteiger partial charge in [-0.05, 0) is 25.0 Å². The third-order valence-corrected chi connectivity index (χ3v) is 4.03. The normalized spacial score (nSPS) is 22.4. The summed E-state index contributed by atoms with van der Waals surface area (Å²) < 4.78 is 5.27. The van der Waals surface area contributed by atoms with Crippen molar-refractivity contribution in [3.8, 4) is 0 Å². The van der Waals surface area contributed by atoms with Crippen LogP contribution in [0.2, 0.25) is 0 Å². The molecule has 6 heteroatoms. The Bertz CT molecular complexity index is 514. The standard InChI is InChI=1S/C15H19N3O3/c19-14(12-3-1-5-16-11-12)18-6-2-4-13(18)15(20)17-7-9-21-10-8-17/h1,3,5,11,13H,2,4,6-10H2/t13-/m1/s1. The highest BCUT2D eigenvalue weighted by Gasteiger charge is 2.37. The van der Waals surface area contributed by atoms with Gasteiger partial charge in [0.25, 0.3) is 5.91 Å². The molecule has 0 unspecified atom stereocenters. The van der Waals surface area contributed by atoms with Gasteiger partial charge >= 0.3 is 0 Å². The molecule has 0 N–H and O–H groups in total. The van der Waals surface area contributed by atoms with Crippen LogP contribution in [0.5, 0.6) is 0 Å². The van der Waals surface area contributed by atoms with Crippen molar-refractivity contribution >= 4 is 11.8 Å². The molecule has 1 atom stereocenters. The van der Waals surface area contributed by atoms with E-state index in [1.807, 2.05) is 4.90 Å². The predicted molar refractivity (Wildman–Crippen MR) is 75.7 cm³/mol. The van der Waals surface area contributed by atoms with Crippen LogP contribution in [0.3, 0.4) is 0 Å². The summed E-state index contributed by atoms with van der Waals surface area (Å²) in [7, 11) is 0. The van der Waals surface area contributed by atoms with Gasteiger partial charge in [-0.3, -0.25) is 14.6 Å². The van der Waals surface area contributed by atoms with E-state index in [-0.39, 0.29) is 17.9 Å². The van der Waals surface area contributed by atoms with Crippen molar-refractivity contribution in [1.29, 1.82) is 0 Å². The summed E-state index contributed by atoms with van der Waals surface area (Å²) in [6.07, 6.45) is 4.79. The van der Waals surface area contributed by atoms with Gasteiger partial charge in [0.05, 0.1) is 18.8 Å². The molecule has 1 aromatic rings. The molecule has 0 aliphatic carbocycles. The van der Waals surface area contributed by atoms with Gasteiger partial charge in [-0.1, -0.05) is 0 Å². The maximum Gasteiger partial charge on any atom is 0.256 e. The van der Waals surface area contributed by atoms with Gasteiger partial charge in [-0.2, -0.15) is 0 Å². The van der Waals surface area contributed by atoms with E-state index in [9.17, 15) is 9.59 Å². The number of likely N-dealkylation sites (tertiary alicyclic amines) is 1. The van der Waals surface area contributed by atoms with E-state index >= 15 is 0 Å². The molecule has 3 heterocycles. The lowest BCUT2D eigenvalue weighted by molar-refractivity contribution is -0.139. The zero-order valence-corrected chi connectivity index (χ0v) is 11.9. The first-order valence-corrected chi connectivity index (χ1v) is 7.35. The van der Waals surface area contributed by atoms with Crippen molar-refractivity contribution in [2.24, 2.45) is 0 Å². The molecule has 0 aromatic carbocycles. The Balaban J connectivity index is 1.73. The van der Waals surface area contributed by atoms with Crippen molar-refractivity contribution in [3.05, 3.63) is 30.1 Å². The van der Waals surface area contributed by atoms with Crippen LogP contribution in [0.1, 0.15) is 23.2 Å². The van der Waals surface area contributed by atoms with Crippen molar-refractivity contribution in [2.45, 2.75) is 18.9 Å². The molecule has 2 fully saturated rings. The van der Waals surface area contributed by atoms with Gasteiger partial charge in [-0.25, -0.2) is 0 Å². The Morgan fingerprint density at radius 1 is 1.24 bits per heavy atom. The molecule has 112 valence electrons. The Hall–Kier alpha value is -1.95. The monoisotopic (exact) mass is 289 g/mol. The van der Waals surface area contributed by atoms with Gasteiger partial charge in [0.2, 0.25) is 5.91 Å². The lowest BCUT2D eigenvalue weighted by Crippen LogP contribution is -2.51. The summed E-state index contributed by atoms with van der Waals surface area (Å²) in [6, 6.07) is 3.14. The van der Waals surface area contributed by atoms with E-state index in [4.69, 9.17) is 4.74 Å². The molecule has 21 heavy (non-hydrogen) atoms. The topological polar surface area (TPSA) is 62.7 Å². The van der Waals surface area contributed by atoms with Crippen molar-refractivity contribution < 1.29 is 14.3 Å². The van der Waals surface area contributed by atoms with Gasteiger partial charge in [0.1, 0.15) is 6.04 Å². The summed E-state index contributed by atoms with van der Waals surface area (Å²) in [5.74, 6) is -0.0553. The largest absolute Gasteiger partial charge is 0.378 e. The van der Waals surface area contributed by atoms with Crippen LogP contribution in [-0.2, 0) is 9.53 Å². The SMILES string of the molecule is O=C([C@H]1CCCN1C(=O)c1cccnc1)N1CCOCC1. The first kappa shape index (κ1) is 14.0. The second-order valence-corrected chi connectivity index (χ2v) is 5.34. The molecular formula is C15H19N3O3. The third-order valence-electron chi connectivity index (χ3n) is 4.03. The first-order valence-electron chi connectivity index (χ1n) is 7.35. The van der Waals surface area contributed by atoms with E-state index in [0.717, 1.165) is 12.8 Å². The number of nitrogens with zero attached hydrogens (tertiary/aromatic N) is 3. The second-order valence-electron chi connectivity index (χ2n) is 5.34. The molecule has 2 amide bonds. The van der Waals surface area contributed by atoms with Crippen LogP contribution < -0.4 is 0 Å². The molecule has 1 aromatic heterocycles. The number of amides is 2. The minimum Gasteiger partial charge on any atom is -0.378 e. The Labute approximate surface area is 123 Å². The lowest BCUT2D eigenvalue weighted by atomic mass is 10.1. The third kappa shape index (κ3) is 2.90. The number of carbonyl (C=O) groups excluding carboxylic acids is 2. The summed E-state index contributed by atoms with van der Waals surface area (Å²) in [5.41, 5.74) is 0.541. The molecular weight excluding hydrogens is 270 g/mol. The van der Waals surface area contributed by atoms with E-state index in [1.165, 1.54) is 0 Å². The van der Waals surface area contributed by atoms with Gasteiger partial charge in [0.15, 0.2) is 0 Å². The van der Waals surface area contributed by atoms with Crippen LogP contribution in [0.4, 0.5) is 0 Å². The molecule has 0 radical (unpaired) electrons. The van der Waals surface area contributed by atoms with E-state index in [0.29, 0.717) is 38.4 Å². The van der Waals surface area contributed by atoms with Crippen LogP contribution in [-0.4, -0.2) is 65.5 Å². The molecule has 2 saturated heterocycles. The van der Waals surface area contributed by atoms with Crippen LogP contribution in [0.25, 0.3) is 0 Å². The molecule has 0 spiro atoms. The van der Waals surface area contributed by atoms with Crippen molar-refractivity contribution in [1.82, 2.24) is 14.8 Å². The summed E-state index contributed by atoms with van der Waals surface area (Å²) in [6.45, 7) is 3.02. The number of hydrogen-bond donors (Lipinski definition) is 0. The molecule has 3 rings (SSSR count). The predicted octanol–water partition coefficient (Wildman–Crippen LogP) is 0.545. The van der Waals surface area contributed by atoms with Crippen LogP contribution in [0, 0.1) is 0 Å². The molecule has 0 saturated carbocycles. The van der Waals surface area contributed by atoms with Crippen LogP contribution >= 0.6 is 0 Å². The van der Waals surface area contributed by atoms with Gasteiger partial charge < -0.3 is 14.5 Å². The quantitative estimate of drug-likeness (QED) is 0.797. The molecule has 6 nitrogen and oxygen atoms in total. The van der Waals surface area contributed by atoms with Gasteiger partial charge in [-0.15, -0.1) is 0 Å². The number of hydrogen-bond acceptors (Lipinski definition) is 4. The Morgan fingerprint density at radius 3 is 2.76 bits per heavy atom. The average molecular weight is 289 g/mol. The van der Waals surface area contributed by atoms with E-state index in [2.05, 4.69) is 4.98 Å². The fourth-order valence-corrected chi connectivity index (χ4v) is 2.92. The molecule has 0 bridgehead atoms. The summed E-state index contributed by atoms with van der Waals surface area (Å²) in [4.78, 5) is 32.6. The fourth-order valence-electron chi connectivity index (χ4n) is 2.92. The average Bonchev–Trinajstić information content (AvgIpc) is 3.04. The maximum absolute atomic E-state index is 12.6. The number of morpholine rings is 1. The number of aromatic nitrogens is 1. The minimum atomic E-state index is -0.337. The summed E-state index contributed by atoms with van der Waals surface area (Å²) in [5, 5.41) is 0. The lowest BCUT2D eigenvalue weighted by Gasteiger charge is -2.32. The van der Waals surface area contributed by atoms with Gasteiger partial charge in [0, 0.05) is 32.0 Å². The number of pyridine rings is 1. The zero-order chi connectivity index (χ0) is 14.7. The van der Waals surface area contributed by atoms with E-state index in [1.54, 1.807) is 29.4 Å². The smallest absolute Gasteiger partial charge is 0.256 e. The number of carbonyl (C=O) groups is 2. The molecule has 2 aliphatic heterocycles. The second kappa shape index (κ2) is 6.22. The summed E-state index contributed by atoms with van der Waals surface area (Å²) >= 11 is 0. The Kier molecular flexibility index (Phi) is 4.15. The van der Waals surface area contributed by atoms with Crippen LogP contribution in [0.15, 0.2) is 24.5 Å². The van der Waals surface area contributed by atoms with Crippen molar-refractivity contribution in [2.75, 3.05) is 32.8 Å². The Morgan fingerprint density at radius 2 is 2.05 bits per heavy atom. The maximum atomic E-state index is 12.6. The first-order chi connectivity index (χ1) is 10.3. The molecule has 2 aliphatic rings. The zero-order valence-electron chi connectivity index (χ0n) is 11.9. The van der Waals surface area contributed by atoms with E-state index < -0.39 is 0 Å². The number of ether oxygens (including phenoxy) is 1. The van der Waals surface area contributed by atoms with Crippen molar-refractivity contribution in [3.63, 3.8) is 0 Å². The fraction of sp³-hybridized carbons (Fsp3) is 0.533. The minimum absolute atomic E-state index is 0.0491. The number of rotatable bonds is 2.